The van der Waals surface area contributed by atoms with Gasteiger partial charge in [-0.05, 0) is 62.4 Å². The van der Waals surface area contributed by atoms with E-state index in [1.54, 1.807) is 30.1 Å². The van der Waals surface area contributed by atoms with E-state index in [0.29, 0.717) is 18.7 Å². The van der Waals surface area contributed by atoms with Crippen LogP contribution in [0.5, 0.6) is 0 Å². The molecular formula is C28H38N4O4S. The molecule has 0 aromatic heterocycles. The summed E-state index contributed by atoms with van der Waals surface area (Å²) in [6.45, 7) is 9.47. The lowest BCUT2D eigenvalue weighted by Crippen LogP contribution is -2.49. The van der Waals surface area contributed by atoms with E-state index in [9.17, 15) is 19.2 Å². The number of anilines is 1. The van der Waals surface area contributed by atoms with Gasteiger partial charge in [-0.3, -0.25) is 34.1 Å². The monoisotopic (exact) mass is 526 g/mol. The molecule has 0 spiro atoms. The lowest BCUT2D eigenvalue weighted by atomic mass is 10.1. The number of benzene rings is 2. The minimum atomic E-state index is -1.02. The highest BCUT2D eigenvalue weighted by molar-refractivity contribution is 7.97. The van der Waals surface area contributed by atoms with E-state index in [1.165, 1.54) is 10.5 Å². The van der Waals surface area contributed by atoms with Gasteiger partial charge >= 0.3 is 0 Å². The van der Waals surface area contributed by atoms with Gasteiger partial charge in [0.2, 0.25) is 12.3 Å². The molecule has 4 amide bonds. The number of hydrogen-bond acceptors (Lipinski definition) is 7. The molecule has 2 aromatic carbocycles. The van der Waals surface area contributed by atoms with Crippen molar-refractivity contribution in [1.82, 2.24) is 14.9 Å². The molecule has 2 aromatic rings. The molecule has 0 saturated carbocycles. The number of nitrogens with one attached hydrogen (secondary N) is 3. The summed E-state index contributed by atoms with van der Waals surface area (Å²) in [6, 6.07) is 12.5. The summed E-state index contributed by atoms with van der Waals surface area (Å²) >= 11 is 1.63. The van der Waals surface area contributed by atoms with Gasteiger partial charge in [-0.15, -0.1) is 0 Å². The first-order valence-electron chi connectivity index (χ1n) is 12.9. The van der Waals surface area contributed by atoms with E-state index in [4.69, 9.17) is 0 Å². The molecule has 1 unspecified atom stereocenters. The van der Waals surface area contributed by atoms with Crippen LogP contribution in [-0.4, -0.2) is 48.2 Å². The van der Waals surface area contributed by atoms with E-state index < -0.39 is 23.8 Å². The Morgan fingerprint density at radius 1 is 1.00 bits per heavy atom. The Balaban J connectivity index is 0.00000235. The Morgan fingerprint density at radius 3 is 2.38 bits per heavy atom. The van der Waals surface area contributed by atoms with Gasteiger partial charge in [-0.25, -0.2) is 0 Å². The number of amides is 4. The van der Waals surface area contributed by atoms with Crippen LogP contribution in [-0.2, 0) is 9.59 Å². The number of nitrogens with zero attached hydrogens (tertiary/aromatic N) is 1. The summed E-state index contributed by atoms with van der Waals surface area (Å²) in [5.41, 5.74) is 2.39. The molecule has 3 N–H and O–H groups in total. The van der Waals surface area contributed by atoms with Crippen LogP contribution in [0.4, 0.5) is 5.69 Å². The summed E-state index contributed by atoms with van der Waals surface area (Å²) in [6.07, 6.45) is 4.06. The van der Waals surface area contributed by atoms with Crippen molar-refractivity contribution in [2.45, 2.75) is 70.7 Å². The van der Waals surface area contributed by atoms with E-state index >= 15 is 0 Å². The van der Waals surface area contributed by atoms with Gasteiger partial charge in [0.15, 0.2) is 0 Å². The second-order valence-corrected chi connectivity index (χ2v) is 9.40. The van der Waals surface area contributed by atoms with Crippen LogP contribution < -0.4 is 15.4 Å². The molecule has 0 radical (unpaired) electrons. The molecule has 1 heterocycles. The third-order valence-corrected chi connectivity index (χ3v) is 6.66. The maximum Gasteiger partial charge on any atom is 0.264 e. The lowest BCUT2D eigenvalue weighted by molar-refractivity contribution is -0.128. The molecule has 8 nitrogen and oxygen atoms in total. The largest absolute Gasteiger partial charge is 0.384 e. The smallest absolute Gasteiger partial charge is 0.264 e. The Hall–Kier alpha value is -3.17. The molecule has 200 valence electrons. The van der Waals surface area contributed by atoms with Crippen molar-refractivity contribution in [3.05, 3.63) is 59.2 Å². The topological polar surface area (TPSA) is 108 Å². The number of carbonyl (C=O) groups is 4. The first-order chi connectivity index (χ1) is 18.0. The molecule has 1 aliphatic rings. The van der Waals surface area contributed by atoms with Crippen LogP contribution in [0.3, 0.4) is 0 Å². The summed E-state index contributed by atoms with van der Waals surface area (Å²) in [5, 5.41) is 5.36. The third kappa shape index (κ3) is 8.16. The molecule has 1 aliphatic heterocycles. The van der Waals surface area contributed by atoms with Crippen molar-refractivity contribution in [2.75, 3.05) is 18.4 Å². The van der Waals surface area contributed by atoms with E-state index in [1.807, 2.05) is 20.8 Å². The highest BCUT2D eigenvalue weighted by Crippen LogP contribution is 2.31. The molecule has 0 fully saturated rings. The van der Waals surface area contributed by atoms with E-state index in [2.05, 4.69) is 46.5 Å². The summed E-state index contributed by atoms with van der Waals surface area (Å²) in [4.78, 5) is 51.4. The first kappa shape index (κ1) is 30.1. The molecule has 37 heavy (non-hydrogen) atoms. The van der Waals surface area contributed by atoms with Gasteiger partial charge in [0, 0.05) is 23.7 Å². The fourth-order valence-electron chi connectivity index (χ4n) is 4.00. The van der Waals surface area contributed by atoms with Crippen LogP contribution in [0.1, 0.15) is 79.2 Å². The first-order valence-corrected chi connectivity index (χ1v) is 13.7. The molecule has 0 saturated heterocycles. The zero-order chi connectivity index (χ0) is 27.2. The van der Waals surface area contributed by atoms with Crippen molar-refractivity contribution >= 4 is 41.8 Å². The lowest BCUT2D eigenvalue weighted by Gasteiger charge is -2.24. The zero-order valence-corrected chi connectivity index (χ0v) is 23.0. The predicted octanol–water partition coefficient (Wildman–Crippen LogP) is 4.94. The highest BCUT2D eigenvalue weighted by Gasteiger charge is 2.43. The SMILES string of the molecule is CC.CCCC(C(=O)NC=O)N1C(=O)c2cccc(NCCCCCNSc3ccc(C)cc3)c2C1=O. The normalized spacial score (nSPS) is 12.9. The fourth-order valence-corrected chi connectivity index (χ4v) is 4.69. The number of carbonyl (C=O) groups excluding carboxylic acids is 4. The minimum Gasteiger partial charge on any atom is -0.384 e. The molecular weight excluding hydrogens is 488 g/mol. The summed E-state index contributed by atoms with van der Waals surface area (Å²) in [7, 11) is 0. The molecule has 0 bridgehead atoms. The Bertz CT molecular complexity index is 1060. The average molecular weight is 527 g/mol. The summed E-state index contributed by atoms with van der Waals surface area (Å²) < 4.78 is 3.37. The number of imide groups is 2. The van der Waals surface area contributed by atoms with Crippen LogP contribution >= 0.6 is 11.9 Å². The van der Waals surface area contributed by atoms with Crippen LogP contribution in [0.2, 0.25) is 0 Å². The van der Waals surface area contributed by atoms with Crippen LogP contribution in [0.15, 0.2) is 47.4 Å². The molecule has 9 heteroatoms. The number of unbranched alkanes of at least 4 members (excludes halogenated alkanes) is 2. The quantitative estimate of drug-likeness (QED) is 0.139. The average Bonchev–Trinajstić information content (AvgIpc) is 3.16. The Morgan fingerprint density at radius 2 is 1.70 bits per heavy atom. The number of hydrogen-bond donors (Lipinski definition) is 3. The van der Waals surface area contributed by atoms with Gasteiger partial charge in [-0.1, -0.05) is 57.4 Å². The van der Waals surface area contributed by atoms with Crippen molar-refractivity contribution < 1.29 is 19.2 Å². The van der Waals surface area contributed by atoms with Crippen LogP contribution in [0, 0.1) is 6.92 Å². The van der Waals surface area contributed by atoms with Crippen molar-refractivity contribution in [1.29, 1.82) is 0 Å². The van der Waals surface area contributed by atoms with Gasteiger partial charge in [0.25, 0.3) is 11.8 Å². The number of rotatable bonds is 14. The molecule has 1 atom stereocenters. The Kier molecular flexibility index (Phi) is 12.9. The maximum absolute atomic E-state index is 13.2. The fraction of sp³-hybridized carbons (Fsp3) is 0.429. The van der Waals surface area contributed by atoms with Crippen molar-refractivity contribution in [3.8, 4) is 0 Å². The summed E-state index contributed by atoms with van der Waals surface area (Å²) in [5.74, 6) is -1.67. The maximum atomic E-state index is 13.2. The van der Waals surface area contributed by atoms with Crippen LogP contribution in [0.25, 0.3) is 0 Å². The van der Waals surface area contributed by atoms with Crippen molar-refractivity contribution in [3.63, 3.8) is 0 Å². The predicted molar refractivity (Wildman–Crippen MR) is 149 cm³/mol. The van der Waals surface area contributed by atoms with Crippen molar-refractivity contribution in [2.24, 2.45) is 0 Å². The van der Waals surface area contributed by atoms with Gasteiger partial charge < -0.3 is 5.32 Å². The van der Waals surface area contributed by atoms with Gasteiger partial charge in [-0.2, -0.15) is 0 Å². The van der Waals surface area contributed by atoms with E-state index in [-0.39, 0.29) is 24.0 Å². The zero-order valence-electron chi connectivity index (χ0n) is 22.1. The molecule has 0 aliphatic carbocycles. The van der Waals surface area contributed by atoms with Gasteiger partial charge in [0.05, 0.1) is 11.1 Å². The van der Waals surface area contributed by atoms with E-state index in [0.717, 1.165) is 30.7 Å². The number of fused-ring (bicyclic) bond motifs is 1. The Labute approximate surface area is 224 Å². The number of aryl methyl sites for hydroxylation is 1. The highest BCUT2D eigenvalue weighted by atomic mass is 32.2. The molecule has 3 rings (SSSR count). The minimum absolute atomic E-state index is 0.271. The second-order valence-electron chi connectivity index (χ2n) is 8.44. The van der Waals surface area contributed by atoms with Gasteiger partial charge in [0.1, 0.15) is 6.04 Å². The third-order valence-electron chi connectivity index (χ3n) is 5.81. The second kappa shape index (κ2) is 15.8. The standard InChI is InChI=1S/C26H32N4O4S.C2H6/c1-3-8-22(24(32)28-17-31)30-25(33)20-9-7-10-21(23(20)26(30)34)27-15-5-4-6-16-29-35-19-13-11-18(2)12-14-19;1-2/h7,9-14,17,22,27,29H,3-6,8,15-16H2,1-2H3,(H,28,31,32);1-2H3.